The summed E-state index contributed by atoms with van der Waals surface area (Å²) in [6, 6.07) is 0. The lowest BCUT2D eigenvalue weighted by molar-refractivity contribution is 0.309. The van der Waals surface area contributed by atoms with E-state index in [2.05, 4.69) is 24.1 Å². The highest BCUT2D eigenvalue weighted by Gasteiger charge is 2.03. The molecule has 0 saturated carbocycles. The van der Waals surface area contributed by atoms with Crippen molar-refractivity contribution in [3.8, 4) is 0 Å². The number of piperidine rings is 1. The third-order valence-corrected chi connectivity index (χ3v) is 1.94. The lowest BCUT2D eigenvalue weighted by atomic mass is 10.1. The Hall–Kier alpha value is -0.460. The fourth-order valence-electron chi connectivity index (χ4n) is 1.32. The zero-order chi connectivity index (χ0) is 7.23. The van der Waals surface area contributed by atoms with Crippen molar-refractivity contribution in [3.63, 3.8) is 0 Å². The van der Waals surface area contributed by atoms with Gasteiger partial charge in [-0.2, -0.15) is 0 Å². The minimum Gasteiger partial charge on any atom is -0.378 e. The molecule has 0 aromatic rings. The van der Waals surface area contributed by atoms with E-state index in [4.69, 9.17) is 0 Å². The average Bonchev–Trinajstić information content (AvgIpc) is 2.03. The molecule has 0 spiro atoms. The van der Waals surface area contributed by atoms with Gasteiger partial charge in [-0.3, -0.25) is 0 Å². The minimum atomic E-state index is 1.16. The number of hydrogen-bond donors (Lipinski definition) is 0. The van der Waals surface area contributed by atoms with Gasteiger partial charge in [0.15, 0.2) is 0 Å². The van der Waals surface area contributed by atoms with Crippen molar-refractivity contribution < 1.29 is 0 Å². The smallest absolute Gasteiger partial charge is 0.0172 e. The number of hydrogen-bond acceptors (Lipinski definition) is 1. The van der Waals surface area contributed by atoms with Gasteiger partial charge in [-0.25, -0.2) is 0 Å². The zero-order valence-corrected chi connectivity index (χ0v) is 6.84. The average molecular weight is 139 g/mol. The van der Waals surface area contributed by atoms with Crippen molar-refractivity contribution in [2.45, 2.75) is 32.6 Å². The van der Waals surface area contributed by atoms with E-state index in [0.29, 0.717) is 0 Å². The van der Waals surface area contributed by atoms with Crippen LogP contribution in [-0.4, -0.2) is 18.0 Å². The van der Waals surface area contributed by atoms with Gasteiger partial charge in [-0.15, -0.1) is 0 Å². The molecular weight excluding hydrogens is 122 g/mol. The van der Waals surface area contributed by atoms with Crippen LogP contribution in [0.4, 0.5) is 0 Å². The molecule has 1 heterocycles. The maximum absolute atomic E-state index is 2.42. The molecule has 1 fully saturated rings. The van der Waals surface area contributed by atoms with Gasteiger partial charge < -0.3 is 4.90 Å². The Labute approximate surface area is 63.7 Å². The molecule has 1 aliphatic heterocycles. The van der Waals surface area contributed by atoms with Crippen LogP contribution in [0.15, 0.2) is 12.3 Å². The molecule has 1 heteroatoms. The second-order valence-electron chi connectivity index (χ2n) is 2.89. The minimum absolute atomic E-state index is 1.16. The van der Waals surface area contributed by atoms with E-state index >= 15 is 0 Å². The summed E-state index contributed by atoms with van der Waals surface area (Å²) in [5, 5.41) is 0. The van der Waals surface area contributed by atoms with Crippen LogP contribution in [0.2, 0.25) is 0 Å². The molecular formula is C9H17N. The monoisotopic (exact) mass is 139 g/mol. The fraction of sp³-hybridized carbons (Fsp3) is 0.778. The lowest BCUT2D eigenvalue weighted by Gasteiger charge is -2.24. The maximum Gasteiger partial charge on any atom is 0.0172 e. The molecule has 0 aliphatic carbocycles. The zero-order valence-electron chi connectivity index (χ0n) is 6.84. The molecule has 0 N–H and O–H groups in total. The highest BCUT2D eigenvalue weighted by molar-refractivity contribution is 4.82. The molecule has 58 valence electrons. The van der Waals surface area contributed by atoms with Crippen LogP contribution in [0, 0.1) is 0 Å². The molecule has 1 saturated heterocycles. The normalized spacial score (nSPS) is 20.3. The highest BCUT2D eigenvalue weighted by Crippen LogP contribution is 2.08. The standard InChI is InChI=1S/C9H17N/c1-2-3-7-10-8-5-4-6-9-10/h3,7H,2,4-6,8-9H2,1H3/b7-3+. The van der Waals surface area contributed by atoms with Crippen LogP contribution in [-0.2, 0) is 0 Å². The summed E-state index contributed by atoms with van der Waals surface area (Å²) in [6.45, 7) is 4.73. The summed E-state index contributed by atoms with van der Waals surface area (Å²) in [6.07, 6.45) is 9.85. The molecule has 1 rings (SSSR count). The van der Waals surface area contributed by atoms with E-state index in [1.165, 1.54) is 32.4 Å². The van der Waals surface area contributed by atoms with E-state index < -0.39 is 0 Å². The summed E-state index contributed by atoms with van der Waals surface area (Å²) >= 11 is 0. The van der Waals surface area contributed by atoms with E-state index in [-0.39, 0.29) is 0 Å². The number of allylic oxidation sites excluding steroid dienone is 1. The van der Waals surface area contributed by atoms with Crippen LogP contribution in [0.1, 0.15) is 32.6 Å². The van der Waals surface area contributed by atoms with Crippen molar-refractivity contribution in [2.24, 2.45) is 0 Å². The Morgan fingerprint density at radius 2 is 1.90 bits per heavy atom. The maximum atomic E-state index is 2.42. The molecule has 1 nitrogen and oxygen atoms in total. The van der Waals surface area contributed by atoms with E-state index in [9.17, 15) is 0 Å². The van der Waals surface area contributed by atoms with Crippen molar-refractivity contribution in [1.29, 1.82) is 0 Å². The summed E-state index contributed by atoms with van der Waals surface area (Å²) in [5.41, 5.74) is 0. The Morgan fingerprint density at radius 3 is 2.50 bits per heavy atom. The van der Waals surface area contributed by atoms with Crippen molar-refractivity contribution in [3.05, 3.63) is 12.3 Å². The first-order chi connectivity index (χ1) is 4.93. The first-order valence-electron chi connectivity index (χ1n) is 4.34. The first-order valence-corrected chi connectivity index (χ1v) is 4.34. The van der Waals surface area contributed by atoms with Crippen molar-refractivity contribution in [1.82, 2.24) is 4.90 Å². The third kappa shape index (κ3) is 2.42. The fourth-order valence-corrected chi connectivity index (χ4v) is 1.32. The SMILES string of the molecule is CC/C=C/N1CCCCC1. The van der Waals surface area contributed by atoms with E-state index in [1.807, 2.05) is 0 Å². The van der Waals surface area contributed by atoms with E-state index in [1.54, 1.807) is 0 Å². The third-order valence-electron chi connectivity index (χ3n) is 1.94. The van der Waals surface area contributed by atoms with Crippen molar-refractivity contribution >= 4 is 0 Å². The summed E-state index contributed by atoms with van der Waals surface area (Å²) in [7, 11) is 0. The van der Waals surface area contributed by atoms with Crippen LogP contribution in [0.5, 0.6) is 0 Å². The van der Waals surface area contributed by atoms with Crippen LogP contribution < -0.4 is 0 Å². The number of nitrogens with zero attached hydrogens (tertiary/aromatic N) is 1. The Bertz CT molecular complexity index is 101. The molecule has 0 atom stereocenters. The lowest BCUT2D eigenvalue weighted by Crippen LogP contribution is -2.23. The molecule has 0 amide bonds. The largest absolute Gasteiger partial charge is 0.378 e. The van der Waals surface area contributed by atoms with Gasteiger partial charge in [0, 0.05) is 13.1 Å². The van der Waals surface area contributed by atoms with Crippen LogP contribution in [0.3, 0.4) is 0 Å². The molecule has 1 aliphatic rings. The topological polar surface area (TPSA) is 3.24 Å². The molecule has 10 heavy (non-hydrogen) atoms. The van der Waals surface area contributed by atoms with Crippen molar-refractivity contribution in [2.75, 3.05) is 13.1 Å². The van der Waals surface area contributed by atoms with Crippen LogP contribution >= 0.6 is 0 Å². The predicted octanol–water partition coefficient (Wildman–Crippen LogP) is 2.40. The molecule has 0 aromatic heterocycles. The number of rotatable bonds is 2. The summed E-state index contributed by atoms with van der Waals surface area (Å²) in [5.74, 6) is 0. The Morgan fingerprint density at radius 1 is 1.20 bits per heavy atom. The predicted molar refractivity (Wildman–Crippen MR) is 44.9 cm³/mol. The second kappa shape index (κ2) is 4.37. The van der Waals surface area contributed by atoms with Gasteiger partial charge >= 0.3 is 0 Å². The van der Waals surface area contributed by atoms with Gasteiger partial charge in [0.1, 0.15) is 0 Å². The van der Waals surface area contributed by atoms with E-state index in [0.717, 1.165) is 6.42 Å². The first kappa shape index (κ1) is 7.64. The highest BCUT2D eigenvalue weighted by atomic mass is 15.1. The van der Waals surface area contributed by atoms with Gasteiger partial charge in [0.25, 0.3) is 0 Å². The molecule has 0 aromatic carbocycles. The Kier molecular flexibility index (Phi) is 3.34. The quantitative estimate of drug-likeness (QED) is 0.568. The summed E-state index contributed by atoms with van der Waals surface area (Å²) < 4.78 is 0. The van der Waals surface area contributed by atoms with Gasteiger partial charge in [-0.1, -0.05) is 13.0 Å². The summed E-state index contributed by atoms with van der Waals surface area (Å²) in [4.78, 5) is 2.42. The van der Waals surface area contributed by atoms with Gasteiger partial charge in [0.05, 0.1) is 0 Å². The molecule has 0 radical (unpaired) electrons. The molecule has 0 unspecified atom stereocenters. The Balaban J connectivity index is 2.19. The number of likely N-dealkylation sites (tertiary alicyclic amines) is 1. The van der Waals surface area contributed by atoms with Gasteiger partial charge in [-0.05, 0) is 31.9 Å². The molecule has 0 bridgehead atoms. The van der Waals surface area contributed by atoms with Gasteiger partial charge in [0.2, 0.25) is 0 Å². The van der Waals surface area contributed by atoms with Crippen LogP contribution in [0.25, 0.3) is 0 Å². The second-order valence-corrected chi connectivity index (χ2v) is 2.89.